The molecular weight excluding hydrogens is 224 g/mol. The Kier molecular flexibility index (Phi) is 4.51. The molecular formula is C8H13ClN2O2S. The molecule has 0 saturated carbocycles. The summed E-state index contributed by atoms with van der Waals surface area (Å²) in [5.74, 6) is 0. The number of hydrogen-bond donors (Lipinski definition) is 1. The highest BCUT2D eigenvalue weighted by Gasteiger charge is 2.10. The Morgan fingerprint density at radius 3 is 2.50 bits per heavy atom. The predicted molar refractivity (Wildman–Crippen MR) is 57.2 cm³/mol. The van der Waals surface area contributed by atoms with E-state index in [2.05, 4.69) is 4.98 Å². The minimum absolute atomic E-state index is 0. The molecule has 1 rings (SSSR count). The quantitative estimate of drug-likeness (QED) is 0.829. The van der Waals surface area contributed by atoms with E-state index in [-0.39, 0.29) is 23.5 Å². The van der Waals surface area contributed by atoms with Gasteiger partial charge >= 0.3 is 0 Å². The predicted octanol–water partition coefficient (Wildman–Crippen LogP) is 0.927. The molecule has 1 aromatic rings. The van der Waals surface area contributed by atoms with Gasteiger partial charge in [0.05, 0.1) is 0 Å². The van der Waals surface area contributed by atoms with E-state index in [0.29, 0.717) is 0 Å². The molecule has 4 nitrogen and oxygen atoms in total. The first-order valence-electron chi connectivity index (χ1n) is 3.83. The van der Waals surface area contributed by atoms with Gasteiger partial charge in [-0.2, -0.15) is 0 Å². The van der Waals surface area contributed by atoms with E-state index in [1.807, 2.05) is 0 Å². The van der Waals surface area contributed by atoms with Gasteiger partial charge < -0.3 is 5.73 Å². The van der Waals surface area contributed by atoms with Gasteiger partial charge in [0, 0.05) is 18.5 Å². The Balaban J connectivity index is 0.00000169. The lowest BCUT2D eigenvalue weighted by molar-refractivity contribution is 0.598. The molecule has 0 bridgehead atoms. The van der Waals surface area contributed by atoms with E-state index < -0.39 is 9.84 Å². The monoisotopic (exact) mass is 236 g/mol. The van der Waals surface area contributed by atoms with Crippen molar-refractivity contribution in [2.75, 3.05) is 6.26 Å². The smallest absolute Gasteiger partial charge is 0.192 e. The molecule has 80 valence electrons. The van der Waals surface area contributed by atoms with Crippen LogP contribution in [0.5, 0.6) is 0 Å². The van der Waals surface area contributed by atoms with E-state index in [9.17, 15) is 8.42 Å². The topological polar surface area (TPSA) is 73.0 Å². The summed E-state index contributed by atoms with van der Waals surface area (Å²) in [6.45, 7) is 1.79. The number of rotatable bonds is 2. The highest BCUT2D eigenvalue weighted by atomic mass is 35.5. The first kappa shape index (κ1) is 13.4. The van der Waals surface area contributed by atoms with Crippen LogP contribution in [0.1, 0.15) is 18.5 Å². The molecule has 2 N–H and O–H groups in total. The van der Waals surface area contributed by atoms with E-state index >= 15 is 0 Å². The molecule has 0 radical (unpaired) electrons. The minimum atomic E-state index is -3.23. The van der Waals surface area contributed by atoms with Crippen LogP contribution in [0.25, 0.3) is 0 Å². The molecule has 1 heterocycles. The number of sulfone groups is 1. The normalized spacial score (nSPS) is 13.1. The van der Waals surface area contributed by atoms with Crippen molar-refractivity contribution in [2.45, 2.75) is 18.0 Å². The molecule has 14 heavy (non-hydrogen) atoms. The summed E-state index contributed by atoms with van der Waals surface area (Å²) >= 11 is 0. The zero-order chi connectivity index (χ0) is 10.1. The third-order valence-corrected chi connectivity index (χ3v) is 2.65. The van der Waals surface area contributed by atoms with Gasteiger partial charge in [0.25, 0.3) is 0 Å². The number of aromatic nitrogens is 1. The van der Waals surface area contributed by atoms with Crippen LogP contribution in [0.4, 0.5) is 0 Å². The maximum Gasteiger partial charge on any atom is 0.192 e. The molecule has 0 saturated heterocycles. The third kappa shape index (κ3) is 3.25. The SMILES string of the molecule is C[C@H](N)c1ccnc(S(C)(=O)=O)c1.Cl. The van der Waals surface area contributed by atoms with Crippen molar-refractivity contribution >= 4 is 22.2 Å². The fraction of sp³-hybridized carbons (Fsp3) is 0.375. The van der Waals surface area contributed by atoms with E-state index in [0.717, 1.165) is 11.8 Å². The van der Waals surface area contributed by atoms with Gasteiger partial charge in [-0.25, -0.2) is 13.4 Å². The summed E-state index contributed by atoms with van der Waals surface area (Å²) in [4.78, 5) is 3.75. The second kappa shape index (κ2) is 4.72. The van der Waals surface area contributed by atoms with Crippen LogP contribution in [0.3, 0.4) is 0 Å². The molecule has 1 atom stereocenters. The molecule has 0 fully saturated rings. The van der Waals surface area contributed by atoms with Crippen molar-refractivity contribution in [3.05, 3.63) is 23.9 Å². The average Bonchev–Trinajstić information content (AvgIpc) is 2.03. The van der Waals surface area contributed by atoms with Gasteiger partial charge in [0.1, 0.15) is 0 Å². The van der Waals surface area contributed by atoms with E-state index in [1.165, 1.54) is 12.3 Å². The highest BCUT2D eigenvalue weighted by Crippen LogP contribution is 2.12. The highest BCUT2D eigenvalue weighted by molar-refractivity contribution is 7.90. The lowest BCUT2D eigenvalue weighted by atomic mass is 10.1. The molecule has 0 aliphatic rings. The number of halogens is 1. The lowest BCUT2D eigenvalue weighted by Gasteiger charge is -2.05. The summed E-state index contributed by atoms with van der Waals surface area (Å²) < 4.78 is 22.2. The fourth-order valence-electron chi connectivity index (χ4n) is 0.911. The summed E-state index contributed by atoms with van der Waals surface area (Å²) in [7, 11) is -3.23. The molecule has 0 aliphatic carbocycles. The average molecular weight is 237 g/mol. The van der Waals surface area contributed by atoms with Crippen LogP contribution in [-0.4, -0.2) is 19.7 Å². The van der Waals surface area contributed by atoms with Crippen molar-refractivity contribution in [1.82, 2.24) is 4.98 Å². The number of nitrogens with zero attached hydrogens (tertiary/aromatic N) is 1. The Labute approximate surface area is 89.9 Å². The molecule has 0 spiro atoms. The molecule has 0 aliphatic heterocycles. The fourth-order valence-corrected chi connectivity index (χ4v) is 1.51. The molecule has 6 heteroatoms. The van der Waals surface area contributed by atoms with Crippen molar-refractivity contribution in [3.8, 4) is 0 Å². The van der Waals surface area contributed by atoms with Gasteiger partial charge in [-0.3, -0.25) is 0 Å². The van der Waals surface area contributed by atoms with Crippen LogP contribution < -0.4 is 5.73 Å². The maximum atomic E-state index is 11.1. The van der Waals surface area contributed by atoms with Crippen LogP contribution in [0.15, 0.2) is 23.4 Å². The largest absolute Gasteiger partial charge is 0.324 e. The van der Waals surface area contributed by atoms with Gasteiger partial charge in [0.15, 0.2) is 14.9 Å². The summed E-state index contributed by atoms with van der Waals surface area (Å²) in [5, 5.41) is 0.0716. The number of pyridine rings is 1. The Morgan fingerprint density at radius 1 is 1.50 bits per heavy atom. The van der Waals surface area contributed by atoms with Gasteiger partial charge in [-0.1, -0.05) is 0 Å². The summed E-state index contributed by atoms with van der Waals surface area (Å²) in [6.07, 6.45) is 2.58. The molecule has 0 aromatic carbocycles. The van der Waals surface area contributed by atoms with Crippen molar-refractivity contribution in [2.24, 2.45) is 5.73 Å². The van der Waals surface area contributed by atoms with Gasteiger partial charge in [0.2, 0.25) is 0 Å². The summed E-state index contributed by atoms with van der Waals surface area (Å²) in [6, 6.07) is 3.03. The standard InChI is InChI=1S/C8H12N2O2S.ClH/c1-6(9)7-3-4-10-8(5-7)13(2,11)12;/h3-6H,9H2,1-2H3;1H/t6-;/m0./s1. The summed E-state index contributed by atoms with van der Waals surface area (Å²) in [5.41, 5.74) is 6.38. The van der Waals surface area contributed by atoms with Crippen molar-refractivity contribution < 1.29 is 8.42 Å². The van der Waals surface area contributed by atoms with Crippen LogP contribution >= 0.6 is 12.4 Å². The lowest BCUT2D eigenvalue weighted by Crippen LogP contribution is -2.07. The first-order valence-corrected chi connectivity index (χ1v) is 5.72. The second-order valence-electron chi connectivity index (χ2n) is 2.99. The van der Waals surface area contributed by atoms with Crippen LogP contribution in [0.2, 0.25) is 0 Å². The Hall–Kier alpha value is -0.650. The second-order valence-corrected chi connectivity index (χ2v) is 4.95. The van der Waals surface area contributed by atoms with Crippen LogP contribution in [0, 0.1) is 0 Å². The zero-order valence-electron chi connectivity index (χ0n) is 7.97. The van der Waals surface area contributed by atoms with Crippen molar-refractivity contribution in [3.63, 3.8) is 0 Å². The number of nitrogens with two attached hydrogens (primary N) is 1. The minimum Gasteiger partial charge on any atom is -0.324 e. The number of hydrogen-bond acceptors (Lipinski definition) is 4. The molecule has 0 unspecified atom stereocenters. The van der Waals surface area contributed by atoms with Gasteiger partial charge in [-0.05, 0) is 24.6 Å². The maximum absolute atomic E-state index is 11.1. The zero-order valence-corrected chi connectivity index (χ0v) is 9.60. The van der Waals surface area contributed by atoms with E-state index in [4.69, 9.17) is 5.73 Å². The van der Waals surface area contributed by atoms with Crippen molar-refractivity contribution in [1.29, 1.82) is 0 Å². The van der Waals surface area contributed by atoms with Crippen LogP contribution in [-0.2, 0) is 9.84 Å². The Morgan fingerprint density at radius 2 is 2.07 bits per heavy atom. The molecule has 1 aromatic heterocycles. The molecule has 0 amide bonds. The van der Waals surface area contributed by atoms with Gasteiger partial charge in [-0.15, -0.1) is 12.4 Å². The Bertz CT molecular complexity index is 404. The van der Waals surface area contributed by atoms with E-state index in [1.54, 1.807) is 13.0 Å². The third-order valence-electron chi connectivity index (χ3n) is 1.66. The first-order chi connectivity index (χ1) is 5.91.